The van der Waals surface area contributed by atoms with Crippen LogP contribution in [-0.2, 0) is 0 Å². The predicted octanol–water partition coefficient (Wildman–Crippen LogP) is 0.901. The van der Waals surface area contributed by atoms with E-state index < -0.39 is 5.91 Å². The van der Waals surface area contributed by atoms with E-state index in [4.69, 9.17) is 11.5 Å². The Morgan fingerprint density at radius 2 is 1.94 bits per heavy atom. The first-order chi connectivity index (χ1) is 8.18. The zero-order valence-corrected chi connectivity index (χ0v) is 8.92. The standard InChI is InChI=1S/C11H11N5O/c12-9-3-1-2-8(11(13)17)10(9)16-7-4-14-6-15-5-7/h1-6,16H,12H2,(H2,13,17). The lowest BCUT2D eigenvalue weighted by Crippen LogP contribution is -2.14. The van der Waals surface area contributed by atoms with Crippen LogP contribution < -0.4 is 16.8 Å². The highest BCUT2D eigenvalue weighted by Crippen LogP contribution is 2.26. The van der Waals surface area contributed by atoms with Gasteiger partial charge in [0.15, 0.2) is 0 Å². The van der Waals surface area contributed by atoms with Gasteiger partial charge in [-0.3, -0.25) is 4.79 Å². The number of nitrogens with two attached hydrogens (primary N) is 2. The fourth-order valence-corrected chi connectivity index (χ4v) is 1.42. The minimum Gasteiger partial charge on any atom is -0.397 e. The summed E-state index contributed by atoms with van der Waals surface area (Å²) in [7, 11) is 0. The molecule has 0 aliphatic rings. The molecule has 5 N–H and O–H groups in total. The smallest absolute Gasteiger partial charge is 0.250 e. The van der Waals surface area contributed by atoms with Crippen LogP contribution in [0.15, 0.2) is 36.9 Å². The first kappa shape index (κ1) is 10.9. The number of amides is 1. The number of aromatic nitrogens is 2. The molecule has 0 bridgehead atoms. The quantitative estimate of drug-likeness (QED) is 0.678. The van der Waals surface area contributed by atoms with E-state index in [0.29, 0.717) is 22.6 Å². The van der Waals surface area contributed by atoms with Crippen molar-refractivity contribution in [3.05, 3.63) is 42.5 Å². The first-order valence-electron chi connectivity index (χ1n) is 4.89. The molecule has 0 aliphatic heterocycles. The lowest BCUT2D eigenvalue weighted by atomic mass is 10.1. The van der Waals surface area contributed by atoms with Crippen molar-refractivity contribution in [2.75, 3.05) is 11.1 Å². The van der Waals surface area contributed by atoms with Crippen molar-refractivity contribution in [3.8, 4) is 0 Å². The largest absolute Gasteiger partial charge is 0.397 e. The number of nitrogens with zero attached hydrogens (tertiary/aromatic N) is 2. The fourth-order valence-electron chi connectivity index (χ4n) is 1.42. The minimum atomic E-state index is -0.545. The van der Waals surface area contributed by atoms with Gasteiger partial charge >= 0.3 is 0 Å². The van der Waals surface area contributed by atoms with E-state index >= 15 is 0 Å². The SMILES string of the molecule is NC(=O)c1cccc(N)c1Nc1cncnc1. The second-order valence-electron chi connectivity index (χ2n) is 3.39. The van der Waals surface area contributed by atoms with Crippen molar-refractivity contribution in [1.29, 1.82) is 0 Å². The summed E-state index contributed by atoms with van der Waals surface area (Å²) in [5, 5.41) is 2.97. The van der Waals surface area contributed by atoms with Crippen molar-refractivity contribution < 1.29 is 4.79 Å². The van der Waals surface area contributed by atoms with Crippen LogP contribution in [0, 0.1) is 0 Å². The van der Waals surface area contributed by atoms with Crippen molar-refractivity contribution in [3.63, 3.8) is 0 Å². The van der Waals surface area contributed by atoms with Gasteiger partial charge in [0.05, 0.1) is 35.0 Å². The van der Waals surface area contributed by atoms with Gasteiger partial charge in [-0.25, -0.2) is 9.97 Å². The minimum absolute atomic E-state index is 0.328. The summed E-state index contributed by atoms with van der Waals surface area (Å²) in [4.78, 5) is 19.0. The number of para-hydroxylation sites is 1. The number of nitrogens with one attached hydrogen (secondary N) is 1. The van der Waals surface area contributed by atoms with E-state index in [0.717, 1.165) is 0 Å². The Balaban J connectivity index is 2.41. The molecule has 1 amide bonds. The zero-order chi connectivity index (χ0) is 12.3. The van der Waals surface area contributed by atoms with Crippen molar-refractivity contribution in [2.24, 2.45) is 5.73 Å². The number of hydrogen-bond acceptors (Lipinski definition) is 5. The molecule has 0 radical (unpaired) electrons. The summed E-state index contributed by atoms with van der Waals surface area (Å²) in [5.74, 6) is -0.545. The summed E-state index contributed by atoms with van der Waals surface area (Å²) >= 11 is 0. The maximum absolute atomic E-state index is 11.3. The predicted molar refractivity (Wildman–Crippen MR) is 64.7 cm³/mol. The Hall–Kier alpha value is -2.63. The van der Waals surface area contributed by atoms with Gasteiger partial charge in [0.25, 0.3) is 5.91 Å². The molecular weight excluding hydrogens is 218 g/mol. The Morgan fingerprint density at radius 1 is 1.24 bits per heavy atom. The molecule has 0 spiro atoms. The number of anilines is 3. The lowest BCUT2D eigenvalue weighted by Gasteiger charge is -2.11. The highest BCUT2D eigenvalue weighted by Gasteiger charge is 2.11. The average Bonchev–Trinajstić information content (AvgIpc) is 2.33. The second kappa shape index (κ2) is 4.48. The zero-order valence-electron chi connectivity index (χ0n) is 8.92. The van der Waals surface area contributed by atoms with E-state index in [2.05, 4.69) is 15.3 Å². The van der Waals surface area contributed by atoms with Gasteiger partial charge in [0, 0.05) is 0 Å². The molecule has 2 rings (SSSR count). The number of carbonyl (C=O) groups excluding carboxylic acids is 1. The molecule has 1 aromatic carbocycles. The first-order valence-corrected chi connectivity index (χ1v) is 4.89. The van der Waals surface area contributed by atoms with Gasteiger partial charge in [-0.15, -0.1) is 0 Å². The molecule has 0 saturated carbocycles. The summed E-state index contributed by atoms with van der Waals surface area (Å²) in [5.41, 5.74) is 12.9. The van der Waals surface area contributed by atoms with Gasteiger partial charge in [0.1, 0.15) is 6.33 Å². The third-order valence-corrected chi connectivity index (χ3v) is 2.19. The van der Waals surface area contributed by atoms with Crippen LogP contribution in [0.5, 0.6) is 0 Å². The number of benzene rings is 1. The average molecular weight is 229 g/mol. The molecule has 1 heterocycles. The number of primary amides is 1. The van der Waals surface area contributed by atoms with Gasteiger partial charge in [-0.05, 0) is 12.1 Å². The molecule has 0 saturated heterocycles. The molecule has 2 aromatic rings. The van der Waals surface area contributed by atoms with Gasteiger partial charge in [0.2, 0.25) is 0 Å². The second-order valence-corrected chi connectivity index (χ2v) is 3.39. The molecule has 17 heavy (non-hydrogen) atoms. The highest BCUT2D eigenvalue weighted by molar-refractivity contribution is 6.02. The van der Waals surface area contributed by atoms with Crippen LogP contribution in [-0.4, -0.2) is 15.9 Å². The molecule has 86 valence electrons. The van der Waals surface area contributed by atoms with E-state index in [-0.39, 0.29) is 0 Å². The van der Waals surface area contributed by atoms with E-state index in [1.165, 1.54) is 6.33 Å². The van der Waals surface area contributed by atoms with Crippen LogP contribution in [0.25, 0.3) is 0 Å². The van der Waals surface area contributed by atoms with Crippen LogP contribution in [0.3, 0.4) is 0 Å². The summed E-state index contributed by atoms with van der Waals surface area (Å²) in [6.07, 6.45) is 4.56. The molecule has 0 unspecified atom stereocenters. The summed E-state index contributed by atoms with van der Waals surface area (Å²) < 4.78 is 0. The fraction of sp³-hybridized carbons (Fsp3) is 0. The molecule has 0 fully saturated rings. The van der Waals surface area contributed by atoms with Crippen LogP contribution in [0.1, 0.15) is 10.4 Å². The Bertz CT molecular complexity index is 541. The Morgan fingerprint density at radius 3 is 2.59 bits per heavy atom. The maximum atomic E-state index is 11.3. The number of rotatable bonds is 3. The number of nitrogen functional groups attached to an aromatic ring is 1. The van der Waals surface area contributed by atoms with Gasteiger partial charge < -0.3 is 16.8 Å². The lowest BCUT2D eigenvalue weighted by molar-refractivity contribution is 0.100. The third kappa shape index (κ3) is 2.31. The molecule has 0 aliphatic carbocycles. The van der Waals surface area contributed by atoms with Gasteiger partial charge in [-0.2, -0.15) is 0 Å². The highest BCUT2D eigenvalue weighted by atomic mass is 16.1. The summed E-state index contributed by atoms with van der Waals surface area (Å²) in [6.45, 7) is 0. The molecular formula is C11H11N5O. The van der Waals surface area contributed by atoms with Gasteiger partial charge in [-0.1, -0.05) is 6.07 Å². The third-order valence-electron chi connectivity index (χ3n) is 2.19. The maximum Gasteiger partial charge on any atom is 0.250 e. The monoisotopic (exact) mass is 229 g/mol. The Labute approximate surface area is 97.7 Å². The van der Waals surface area contributed by atoms with Crippen LogP contribution in [0.4, 0.5) is 17.1 Å². The molecule has 1 aromatic heterocycles. The van der Waals surface area contributed by atoms with Crippen LogP contribution >= 0.6 is 0 Å². The van der Waals surface area contributed by atoms with Crippen molar-refractivity contribution in [2.45, 2.75) is 0 Å². The van der Waals surface area contributed by atoms with Crippen LogP contribution in [0.2, 0.25) is 0 Å². The van der Waals surface area contributed by atoms with Crippen molar-refractivity contribution >= 4 is 23.0 Å². The number of hydrogen-bond donors (Lipinski definition) is 3. The number of carbonyl (C=O) groups is 1. The normalized spacial score (nSPS) is 9.88. The molecule has 6 heteroatoms. The summed E-state index contributed by atoms with van der Waals surface area (Å²) in [6, 6.07) is 4.95. The van der Waals surface area contributed by atoms with E-state index in [1.807, 2.05) is 0 Å². The van der Waals surface area contributed by atoms with E-state index in [9.17, 15) is 4.79 Å². The van der Waals surface area contributed by atoms with E-state index in [1.54, 1.807) is 30.6 Å². The van der Waals surface area contributed by atoms with Crippen molar-refractivity contribution in [1.82, 2.24) is 9.97 Å². The molecule has 6 nitrogen and oxygen atoms in total. The Kier molecular flexibility index (Phi) is 2.87. The molecule has 0 atom stereocenters. The topological polar surface area (TPSA) is 107 Å².